The Bertz CT molecular complexity index is 317. The quantitative estimate of drug-likeness (QED) is 0.702. The van der Waals surface area contributed by atoms with Gasteiger partial charge < -0.3 is 9.64 Å². The summed E-state index contributed by atoms with van der Waals surface area (Å²) >= 11 is 0. The van der Waals surface area contributed by atoms with Gasteiger partial charge in [-0.05, 0) is 39.9 Å². The molecule has 18 heavy (non-hydrogen) atoms. The summed E-state index contributed by atoms with van der Waals surface area (Å²) in [5.74, 6) is 0.651. The Morgan fingerprint density at radius 3 is 2.50 bits per heavy atom. The molecule has 1 heterocycles. The average Bonchev–Trinajstić information content (AvgIpc) is 2.52. The first-order chi connectivity index (χ1) is 8.50. The molecule has 2 rings (SSSR count). The van der Waals surface area contributed by atoms with E-state index in [0.29, 0.717) is 30.0 Å². The first-order valence-corrected chi connectivity index (χ1v) is 7.53. The average molecular weight is 250 g/mol. The topological polar surface area (TPSA) is 24.8 Å². The monoisotopic (exact) mass is 250 g/mol. The number of aliphatic imine (C=N–C) groups is 1. The lowest BCUT2D eigenvalue weighted by molar-refractivity contribution is 0.172. The van der Waals surface area contributed by atoms with Gasteiger partial charge in [0.25, 0.3) is 6.02 Å². The maximum atomic E-state index is 6.22. The van der Waals surface area contributed by atoms with Crippen molar-refractivity contribution in [2.24, 2.45) is 4.99 Å². The van der Waals surface area contributed by atoms with Crippen LogP contribution in [0.25, 0.3) is 0 Å². The van der Waals surface area contributed by atoms with E-state index in [1.807, 2.05) is 0 Å². The summed E-state index contributed by atoms with van der Waals surface area (Å²) in [6.07, 6.45) is 5.58. The Kier molecular flexibility index (Phi) is 4.23. The largest absolute Gasteiger partial charge is 0.460 e. The van der Waals surface area contributed by atoms with Crippen molar-refractivity contribution in [3.8, 4) is 0 Å². The SMILES string of the molecule is BC1CCCCC2C1O/C(=N/C(C)C)N2C(C)C. The molecular weight excluding hydrogens is 223 g/mol. The highest BCUT2D eigenvalue weighted by Crippen LogP contribution is 2.37. The molecule has 0 aromatic carbocycles. The molecule has 1 aliphatic heterocycles. The van der Waals surface area contributed by atoms with Gasteiger partial charge >= 0.3 is 0 Å². The number of fused-ring (bicyclic) bond motifs is 1. The Balaban J connectivity index is 2.26. The minimum Gasteiger partial charge on any atom is -0.460 e. The van der Waals surface area contributed by atoms with Gasteiger partial charge in [0.1, 0.15) is 14.0 Å². The van der Waals surface area contributed by atoms with E-state index >= 15 is 0 Å². The van der Waals surface area contributed by atoms with E-state index in [4.69, 9.17) is 4.74 Å². The first-order valence-electron chi connectivity index (χ1n) is 7.53. The van der Waals surface area contributed by atoms with Crippen LogP contribution >= 0.6 is 0 Å². The van der Waals surface area contributed by atoms with Crippen molar-refractivity contribution in [2.75, 3.05) is 0 Å². The standard InChI is InChI=1S/C14H27BN2O/c1-9(2)16-14-17(10(3)4)12-8-6-5-7-11(15)13(12)18-14/h9-13H,5-8,15H2,1-4H3/b16-14+. The van der Waals surface area contributed by atoms with Crippen LogP contribution in [-0.4, -0.2) is 43.0 Å². The van der Waals surface area contributed by atoms with Crippen LogP contribution in [-0.2, 0) is 4.74 Å². The summed E-state index contributed by atoms with van der Waals surface area (Å²) in [7, 11) is 2.33. The van der Waals surface area contributed by atoms with Crippen molar-refractivity contribution in [1.82, 2.24) is 4.90 Å². The van der Waals surface area contributed by atoms with Gasteiger partial charge in [-0.25, -0.2) is 4.99 Å². The minimum atomic E-state index is 0.305. The van der Waals surface area contributed by atoms with Gasteiger partial charge in [0, 0.05) is 12.1 Å². The molecule has 1 aliphatic carbocycles. The van der Waals surface area contributed by atoms with Gasteiger partial charge in [0.2, 0.25) is 0 Å². The van der Waals surface area contributed by atoms with Gasteiger partial charge in [-0.15, -0.1) is 0 Å². The number of hydrogen-bond donors (Lipinski definition) is 0. The molecule has 0 amide bonds. The third-order valence-electron chi connectivity index (χ3n) is 4.09. The van der Waals surface area contributed by atoms with E-state index in [1.165, 1.54) is 25.7 Å². The van der Waals surface area contributed by atoms with Crippen molar-refractivity contribution in [3.63, 3.8) is 0 Å². The van der Waals surface area contributed by atoms with E-state index < -0.39 is 0 Å². The highest BCUT2D eigenvalue weighted by molar-refractivity contribution is 6.12. The molecule has 4 heteroatoms. The molecule has 1 saturated heterocycles. The Hall–Kier alpha value is -0.665. The molecule has 1 saturated carbocycles. The summed E-state index contributed by atoms with van der Waals surface area (Å²) < 4.78 is 6.22. The zero-order valence-electron chi connectivity index (χ0n) is 12.5. The molecular formula is C14H27BN2O. The fourth-order valence-corrected chi connectivity index (χ4v) is 3.27. The molecule has 0 spiro atoms. The van der Waals surface area contributed by atoms with Gasteiger partial charge in [0.05, 0.1) is 6.04 Å². The van der Waals surface area contributed by atoms with Crippen LogP contribution in [0.1, 0.15) is 53.4 Å². The zero-order chi connectivity index (χ0) is 13.3. The van der Waals surface area contributed by atoms with Crippen molar-refractivity contribution in [2.45, 2.75) is 83.4 Å². The van der Waals surface area contributed by atoms with Gasteiger partial charge in [-0.3, -0.25) is 0 Å². The molecule has 102 valence electrons. The maximum Gasteiger partial charge on any atom is 0.288 e. The van der Waals surface area contributed by atoms with Crippen LogP contribution in [0.4, 0.5) is 0 Å². The molecule has 2 aliphatic rings. The van der Waals surface area contributed by atoms with Gasteiger partial charge in [-0.1, -0.05) is 19.3 Å². The molecule has 0 aromatic heterocycles. The predicted octanol–water partition coefficient (Wildman–Crippen LogP) is 2.22. The predicted molar refractivity (Wildman–Crippen MR) is 79.0 cm³/mol. The first kappa shape index (κ1) is 13.8. The maximum absolute atomic E-state index is 6.22. The number of amidine groups is 1. The number of hydrogen-bond acceptors (Lipinski definition) is 2. The van der Waals surface area contributed by atoms with Crippen molar-refractivity contribution in [1.29, 1.82) is 0 Å². The molecule has 0 N–H and O–H groups in total. The van der Waals surface area contributed by atoms with E-state index in [1.54, 1.807) is 0 Å². The third kappa shape index (κ3) is 2.67. The summed E-state index contributed by atoms with van der Waals surface area (Å²) in [4.78, 5) is 7.11. The highest BCUT2D eigenvalue weighted by atomic mass is 16.5. The molecule has 3 unspecified atom stereocenters. The Morgan fingerprint density at radius 2 is 1.89 bits per heavy atom. The van der Waals surface area contributed by atoms with Crippen molar-refractivity contribution in [3.05, 3.63) is 0 Å². The van der Waals surface area contributed by atoms with Crippen LogP contribution in [0.2, 0.25) is 5.82 Å². The number of ether oxygens (including phenoxy) is 1. The fraction of sp³-hybridized carbons (Fsp3) is 0.929. The van der Waals surface area contributed by atoms with Crippen LogP contribution in [0.15, 0.2) is 4.99 Å². The second kappa shape index (κ2) is 5.54. The van der Waals surface area contributed by atoms with Gasteiger partial charge in [0.15, 0.2) is 0 Å². The molecule has 3 nitrogen and oxygen atoms in total. The molecule has 0 radical (unpaired) electrons. The number of rotatable bonds is 2. The summed E-state index contributed by atoms with van der Waals surface area (Å²) in [5, 5.41) is 0. The number of nitrogens with zero attached hydrogens (tertiary/aromatic N) is 2. The second-order valence-electron chi connectivity index (χ2n) is 6.42. The summed E-state index contributed by atoms with van der Waals surface area (Å²) in [6.45, 7) is 8.73. The second-order valence-corrected chi connectivity index (χ2v) is 6.42. The van der Waals surface area contributed by atoms with Crippen molar-refractivity contribution < 1.29 is 4.74 Å². The van der Waals surface area contributed by atoms with Crippen LogP contribution < -0.4 is 0 Å². The van der Waals surface area contributed by atoms with Crippen LogP contribution in [0, 0.1) is 0 Å². The smallest absolute Gasteiger partial charge is 0.288 e. The summed E-state index contributed by atoms with van der Waals surface area (Å²) in [5.41, 5.74) is 0. The minimum absolute atomic E-state index is 0.305. The summed E-state index contributed by atoms with van der Waals surface area (Å²) in [6, 6.07) is 2.21. The van der Waals surface area contributed by atoms with E-state index in [2.05, 4.69) is 45.4 Å². The Morgan fingerprint density at radius 1 is 1.22 bits per heavy atom. The van der Waals surface area contributed by atoms with Gasteiger partial charge in [-0.2, -0.15) is 0 Å². The lowest BCUT2D eigenvalue weighted by atomic mass is 9.78. The van der Waals surface area contributed by atoms with E-state index in [9.17, 15) is 0 Å². The molecule has 3 atom stereocenters. The highest BCUT2D eigenvalue weighted by Gasteiger charge is 2.44. The van der Waals surface area contributed by atoms with Crippen LogP contribution in [0.5, 0.6) is 0 Å². The normalized spacial score (nSPS) is 34.9. The van der Waals surface area contributed by atoms with Crippen molar-refractivity contribution >= 4 is 13.9 Å². The zero-order valence-corrected chi connectivity index (χ0v) is 12.5. The van der Waals surface area contributed by atoms with E-state index in [0.717, 1.165) is 6.02 Å². The fourth-order valence-electron chi connectivity index (χ4n) is 3.27. The molecule has 0 bridgehead atoms. The lowest BCUT2D eigenvalue weighted by Gasteiger charge is -2.29. The Labute approximate surface area is 112 Å². The van der Waals surface area contributed by atoms with E-state index in [-0.39, 0.29) is 0 Å². The molecule has 2 fully saturated rings. The third-order valence-corrected chi connectivity index (χ3v) is 4.09. The van der Waals surface area contributed by atoms with Crippen LogP contribution in [0.3, 0.4) is 0 Å². The lowest BCUT2D eigenvalue weighted by Crippen LogP contribution is -2.42. The molecule has 0 aromatic rings.